The summed E-state index contributed by atoms with van der Waals surface area (Å²) in [7, 11) is 0. The lowest BCUT2D eigenvalue weighted by atomic mass is 10.1. The number of ether oxygens (including phenoxy) is 2. The Morgan fingerprint density at radius 1 is 1.25 bits per heavy atom. The van der Waals surface area contributed by atoms with Gasteiger partial charge in [0.25, 0.3) is 0 Å². The molecule has 6 nitrogen and oxygen atoms in total. The number of aliphatic hydroxyl groups excluding tert-OH is 2. The highest BCUT2D eigenvalue weighted by atomic mass is 16.5. The van der Waals surface area contributed by atoms with E-state index < -0.39 is 6.10 Å². The van der Waals surface area contributed by atoms with Crippen LogP contribution in [0.3, 0.4) is 0 Å². The van der Waals surface area contributed by atoms with Gasteiger partial charge in [-0.15, -0.1) is 0 Å². The van der Waals surface area contributed by atoms with E-state index in [2.05, 4.69) is 11.4 Å². The molecule has 1 aromatic carbocycles. The van der Waals surface area contributed by atoms with Gasteiger partial charge in [-0.2, -0.15) is 5.26 Å². The van der Waals surface area contributed by atoms with Crippen molar-refractivity contribution in [3.8, 4) is 17.6 Å². The van der Waals surface area contributed by atoms with E-state index in [0.29, 0.717) is 36.0 Å². The number of nitrogens with one attached hydrogen (secondary N) is 1. The summed E-state index contributed by atoms with van der Waals surface area (Å²) in [6.07, 6.45) is -0.886. The molecule has 0 fully saturated rings. The van der Waals surface area contributed by atoms with Crippen molar-refractivity contribution in [2.75, 3.05) is 31.7 Å². The standard InChI is InChI=1S/C14H20N2O4/c1-3-19-13-5-10(7-15)12(6-14(13)20-4-2)16-8-11(18)9-17/h5-6,11,16-18H,3-4,8-9H2,1-2H3. The van der Waals surface area contributed by atoms with Crippen LogP contribution in [-0.4, -0.2) is 42.7 Å². The molecule has 0 aliphatic heterocycles. The predicted molar refractivity (Wildman–Crippen MR) is 75.1 cm³/mol. The average Bonchev–Trinajstić information content (AvgIpc) is 2.46. The van der Waals surface area contributed by atoms with E-state index in [4.69, 9.17) is 19.8 Å². The Morgan fingerprint density at radius 2 is 1.85 bits per heavy atom. The van der Waals surface area contributed by atoms with Gasteiger partial charge in [0, 0.05) is 18.7 Å². The fourth-order valence-corrected chi connectivity index (χ4v) is 1.63. The molecule has 0 saturated carbocycles. The minimum Gasteiger partial charge on any atom is -0.490 e. The molecule has 0 saturated heterocycles. The first-order valence-electron chi connectivity index (χ1n) is 6.52. The van der Waals surface area contributed by atoms with Crippen LogP contribution in [0.15, 0.2) is 12.1 Å². The fraction of sp³-hybridized carbons (Fsp3) is 0.500. The Bertz CT molecular complexity index is 471. The normalized spacial score (nSPS) is 11.6. The molecule has 0 aromatic heterocycles. The molecule has 0 bridgehead atoms. The van der Waals surface area contributed by atoms with Gasteiger partial charge in [0.05, 0.1) is 37.2 Å². The van der Waals surface area contributed by atoms with Crippen LogP contribution in [0.5, 0.6) is 11.5 Å². The Balaban J connectivity index is 3.03. The summed E-state index contributed by atoms with van der Waals surface area (Å²) < 4.78 is 10.9. The van der Waals surface area contributed by atoms with Gasteiger partial charge in [-0.1, -0.05) is 0 Å². The molecule has 3 N–H and O–H groups in total. The van der Waals surface area contributed by atoms with Crippen molar-refractivity contribution < 1.29 is 19.7 Å². The number of nitrogens with zero attached hydrogens (tertiary/aromatic N) is 1. The molecule has 1 atom stereocenters. The molecule has 1 rings (SSSR count). The van der Waals surface area contributed by atoms with Gasteiger partial charge in [-0.25, -0.2) is 0 Å². The predicted octanol–water partition coefficient (Wildman–Crippen LogP) is 1.12. The van der Waals surface area contributed by atoms with Gasteiger partial charge in [0.15, 0.2) is 11.5 Å². The van der Waals surface area contributed by atoms with Crippen LogP contribution >= 0.6 is 0 Å². The van der Waals surface area contributed by atoms with Gasteiger partial charge >= 0.3 is 0 Å². The Morgan fingerprint density at radius 3 is 2.35 bits per heavy atom. The van der Waals surface area contributed by atoms with Gasteiger partial charge in [0.1, 0.15) is 6.07 Å². The van der Waals surface area contributed by atoms with Crippen LogP contribution in [0.2, 0.25) is 0 Å². The van der Waals surface area contributed by atoms with Crippen molar-refractivity contribution in [2.24, 2.45) is 0 Å². The zero-order valence-corrected chi connectivity index (χ0v) is 11.7. The van der Waals surface area contributed by atoms with E-state index in [-0.39, 0.29) is 13.2 Å². The van der Waals surface area contributed by atoms with Crippen molar-refractivity contribution in [2.45, 2.75) is 20.0 Å². The maximum Gasteiger partial charge on any atom is 0.163 e. The summed E-state index contributed by atoms with van der Waals surface area (Å²) in [6.45, 7) is 4.46. The summed E-state index contributed by atoms with van der Waals surface area (Å²) in [5.74, 6) is 1.05. The van der Waals surface area contributed by atoms with Crippen LogP contribution in [0.4, 0.5) is 5.69 Å². The molecule has 0 aliphatic rings. The molecular formula is C14H20N2O4. The van der Waals surface area contributed by atoms with Crippen LogP contribution < -0.4 is 14.8 Å². The van der Waals surface area contributed by atoms with E-state index in [0.717, 1.165) is 0 Å². The summed E-state index contributed by atoms with van der Waals surface area (Å²) in [5.41, 5.74) is 0.925. The van der Waals surface area contributed by atoms with Crippen molar-refractivity contribution >= 4 is 5.69 Å². The van der Waals surface area contributed by atoms with Gasteiger partial charge < -0.3 is 25.0 Å². The molecule has 20 heavy (non-hydrogen) atoms. The van der Waals surface area contributed by atoms with E-state index in [1.54, 1.807) is 12.1 Å². The molecular weight excluding hydrogens is 260 g/mol. The molecule has 0 amide bonds. The fourth-order valence-electron chi connectivity index (χ4n) is 1.63. The number of hydrogen-bond donors (Lipinski definition) is 3. The number of aliphatic hydroxyl groups is 2. The Hall–Kier alpha value is -1.97. The number of anilines is 1. The molecule has 1 aromatic rings. The second-order valence-electron chi connectivity index (χ2n) is 4.04. The first kappa shape index (κ1) is 16.1. The largest absolute Gasteiger partial charge is 0.490 e. The SMILES string of the molecule is CCOc1cc(C#N)c(NCC(O)CO)cc1OCC. The molecule has 0 radical (unpaired) electrons. The topological polar surface area (TPSA) is 94.7 Å². The highest BCUT2D eigenvalue weighted by Crippen LogP contribution is 2.33. The van der Waals surface area contributed by atoms with Crippen molar-refractivity contribution in [3.63, 3.8) is 0 Å². The third-order valence-electron chi connectivity index (χ3n) is 2.54. The minimum absolute atomic E-state index is 0.144. The van der Waals surface area contributed by atoms with E-state index in [9.17, 15) is 5.11 Å². The maximum atomic E-state index is 9.34. The van der Waals surface area contributed by atoms with Crippen LogP contribution in [0, 0.1) is 11.3 Å². The molecule has 1 unspecified atom stereocenters. The number of hydrogen-bond acceptors (Lipinski definition) is 6. The van der Waals surface area contributed by atoms with Crippen molar-refractivity contribution in [1.29, 1.82) is 5.26 Å². The highest BCUT2D eigenvalue weighted by Gasteiger charge is 2.12. The Labute approximate surface area is 118 Å². The second kappa shape index (κ2) is 8.25. The Kier molecular flexibility index (Phi) is 6.64. The maximum absolute atomic E-state index is 9.34. The van der Waals surface area contributed by atoms with Crippen molar-refractivity contribution in [1.82, 2.24) is 0 Å². The minimum atomic E-state index is -0.886. The third kappa shape index (κ3) is 4.30. The van der Waals surface area contributed by atoms with Gasteiger partial charge in [0.2, 0.25) is 0 Å². The zero-order valence-electron chi connectivity index (χ0n) is 11.7. The van der Waals surface area contributed by atoms with Gasteiger partial charge in [-0.05, 0) is 13.8 Å². The molecule has 110 valence electrons. The average molecular weight is 280 g/mol. The summed E-state index contributed by atoms with van der Waals surface area (Å²) in [6, 6.07) is 5.33. The van der Waals surface area contributed by atoms with E-state index in [1.807, 2.05) is 13.8 Å². The van der Waals surface area contributed by atoms with Crippen LogP contribution in [0.25, 0.3) is 0 Å². The summed E-state index contributed by atoms with van der Waals surface area (Å²) >= 11 is 0. The molecule has 0 aliphatic carbocycles. The van der Waals surface area contributed by atoms with E-state index >= 15 is 0 Å². The van der Waals surface area contributed by atoms with Crippen LogP contribution in [-0.2, 0) is 0 Å². The first-order chi connectivity index (χ1) is 9.65. The molecule has 0 heterocycles. The highest BCUT2D eigenvalue weighted by molar-refractivity contribution is 5.65. The summed E-state index contributed by atoms with van der Waals surface area (Å²) in [4.78, 5) is 0. The zero-order chi connectivity index (χ0) is 15.0. The van der Waals surface area contributed by atoms with Crippen LogP contribution in [0.1, 0.15) is 19.4 Å². The summed E-state index contributed by atoms with van der Waals surface area (Å²) in [5, 5.41) is 30.2. The molecule has 6 heteroatoms. The lowest BCUT2D eigenvalue weighted by molar-refractivity contribution is 0.105. The first-order valence-corrected chi connectivity index (χ1v) is 6.52. The number of rotatable bonds is 8. The second-order valence-corrected chi connectivity index (χ2v) is 4.04. The van der Waals surface area contributed by atoms with Crippen molar-refractivity contribution in [3.05, 3.63) is 17.7 Å². The smallest absolute Gasteiger partial charge is 0.163 e. The van der Waals surface area contributed by atoms with E-state index in [1.165, 1.54) is 0 Å². The third-order valence-corrected chi connectivity index (χ3v) is 2.54. The lowest BCUT2D eigenvalue weighted by Gasteiger charge is -2.16. The monoisotopic (exact) mass is 280 g/mol. The number of nitriles is 1. The number of benzene rings is 1. The lowest BCUT2D eigenvalue weighted by Crippen LogP contribution is -2.23. The molecule has 0 spiro atoms. The van der Waals surface area contributed by atoms with Gasteiger partial charge in [-0.3, -0.25) is 0 Å². The quantitative estimate of drug-likeness (QED) is 0.660.